The molecule has 4 N–H and O–H groups in total. The van der Waals surface area contributed by atoms with Crippen molar-refractivity contribution in [3.63, 3.8) is 0 Å². The molecule has 0 aliphatic carbocycles. The van der Waals surface area contributed by atoms with E-state index in [1.165, 1.54) is 12.1 Å². The number of urea groups is 1. The SMILES string of the molecule is COc1cc(-c2cn(C)c(=O)c3c2CCN(C(=O)NCCCCCCCCNC(=O)COc2cccc4c2C(=O)N(C2CCC(O)NC2=O)C4=O)C3)cc(OC)c1CN(C)C. The predicted molar refractivity (Wildman–Crippen MR) is 225 cm³/mol. The summed E-state index contributed by atoms with van der Waals surface area (Å²) in [7, 11) is 8.96. The van der Waals surface area contributed by atoms with E-state index in [-0.39, 0.29) is 60.4 Å². The molecular weight excluding hydrogens is 787 g/mol. The zero-order valence-corrected chi connectivity index (χ0v) is 35.6. The third-order valence-electron chi connectivity index (χ3n) is 11.4. The number of carbonyl (C=O) groups is 5. The number of unbranched alkanes of at least 4 members (excludes halogenated alkanes) is 5. The zero-order chi connectivity index (χ0) is 43.8. The summed E-state index contributed by atoms with van der Waals surface area (Å²) < 4.78 is 18.8. The fourth-order valence-corrected chi connectivity index (χ4v) is 8.22. The van der Waals surface area contributed by atoms with Crippen molar-refractivity contribution in [3.8, 4) is 28.4 Å². The van der Waals surface area contributed by atoms with Crippen molar-refractivity contribution in [2.45, 2.75) is 83.1 Å². The zero-order valence-electron chi connectivity index (χ0n) is 35.6. The van der Waals surface area contributed by atoms with E-state index in [0.717, 1.165) is 65.7 Å². The van der Waals surface area contributed by atoms with E-state index in [1.807, 2.05) is 37.3 Å². The summed E-state index contributed by atoms with van der Waals surface area (Å²) in [6.07, 6.45) is 7.07. The first-order valence-electron chi connectivity index (χ1n) is 20.9. The Hall–Kier alpha value is -5.94. The number of aliphatic hydroxyl groups excluding tert-OH is 1. The van der Waals surface area contributed by atoms with Gasteiger partial charge in [-0.2, -0.15) is 0 Å². The molecule has 2 unspecified atom stereocenters. The van der Waals surface area contributed by atoms with Gasteiger partial charge in [-0.05, 0) is 81.6 Å². The van der Waals surface area contributed by atoms with Crippen LogP contribution in [0.1, 0.15) is 88.8 Å². The predicted octanol–water partition coefficient (Wildman–Crippen LogP) is 2.93. The molecule has 4 heterocycles. The van der Waals surface area contributed by atoms with Crippen LogP contribution in [0.5, 0.6) is 17.2 Å². The first-order chi connectivity index (χ1) is 29.3. The molecule has 1 saturated heterocycles. The highest BCUT2D eigenvalue weighted by Gasteiger charge is 2.46. The lowest BCUT2D eigenvalue weighted by Crippen LogP contribution is -2.55. The van der Waals surface area contributed by atoms with Crippen molar-refractivity contribution < 1.29 is 43.3 Å². The molecule has 1 fully saturated rings. The number of fused-ring (bicyclic) bond motifs is 2. The van der Waals surface area contributed by atoms with E-state index in [9.17, 15) is 33.9 Å². The number of ether oxygens (including phenoxy) is 3. The second-order valence-corrected chi connectivity index (χ2v) is 16.0. The third kappa shape index (κ3) is 10.2. The minimum Gasteiger partial charge on any atom is -0.496 e. The molecule has 3 aliphatic rings. The molecule has 17 nitrogen and oxygen atoms in total. The maximum Gasteiger partial charge on any atom is 0.317 e. The average Bonchev–Trinajstić information content (AvgIpc) is 3.50. The highest BCUT2D eigenvalue weighted by molar-refractivity contribution is 6.24. The number of aliphatic hydroxyl groups is 1. The largest absolute Gasteiger partial charge is 0.496 e. The van der Waals surface area contributed by atoms with Gasteiger partial charge in [-0.15, -0.1) is 0 Å². The van der Waals surface area contributed by atoms with Gasteiger partial charge in [0.1, 0.15) is 29.5 Å². The summed E-state index contributed by atoms with van der Waals surface area (Å²) in [5, 5.41) is 17.9. The topological polar surface area (TPSA) is 201 Å². The Morgan fingerprint density at radius 3 is 2.20 bits per heavy atom. The van der Waals surface area contributed by atoms with Gasteiger partial charge in [0.25, 0.3) is 23.3 Å². The number of rotatable bonds is 18. The highest BCUT2D eigenvalue weighted by atomic mass is 16.5. The van der Waals surface area contributed by atoms with Crippen LogP contribution in [0.2, 0.25) is 0 Å². The van der Waals surface area contributed by atoms with Gasteiger partial charge in [0, 0.05) is 50.6 Å². The lowest BCUT2D eigenvalue weighted by atomic mass is 9.91. The summed E-state index contributed by atoms with van der Waals surface area (Å²) in [5.74, 6) is -0.771. The first-order valence-corrected chi connectivity index (χ1v) is 20.9. The molecule has 3 aliphatic heterocycles. The Labute approximate surface area is 355 Å². The quantitative estimate of drug-likeness (QED) is 0.108. The highest BCUT2D eigenvalue weighted by Crippen LogP contribution is 2.38. The van der Waals surface area contributed by atoms with E-state index in [0.29, 0.717) is 49.7 Å². The van der Waals surface area contributed by atoms with E-state index >= 15 is 0 Å². The molecule has 1 aromatic heterocycles. The number of imide groups is 1. The minimum absolute atomic E-state index is 0.0130. The van der Waals surface area contributed by atoms with Gasteiger partial charge >= 0.3 is 6.03 Å². The lowest BCUT2D eigenvalue weighted by Gasteiger charge is -2.31. The fourth-order valence-electron chi connectivity index (χ4n) is 8.22. The smallest absolute Gasteiger partial charge is 0.317 e. The van der Waals surface area contributed by atoms with Crippen molar-refractivity contribution in [1.29, 1.82) is 0 Å². The van der Waals surface area contributed by atoms with E-state index in [2.05, 4.69) is 16.0 Å². The van der Waals surface area contributed by atoms with Gasteiger partial charge in [0.2, 0.25) is 5.91 Å². The first kappa shape index (κ1) is 44.6. The molecule has 6 rings (SSSR count). The summed E-state index contributed by atoms with van der Waals surface area (Å²) in [6.45, 7) is 1.97. The van der Waals surface area contributed by atoms with Crippen molar-refractivity contribution in [2.24, 2.45) is 7.05 Å². The lowest BCUT2D eigenvalue weighted by molar-refractivity contribution is -0.131. The third-order valence-corrected chi connectivity index (χ3v) is 11.4. The number of hydrogen-bond donors (Lipinski definition) is 4. The monoisotopic (exact) mass is 843 g/mol. The minimum atomic E-state index is -1.04. The van der Waals surface area contributed by atoms with E-state index in [1.54, 1.807) is 36.8 Å². The number of aryl methyl sites for hydroxylation is 1. The molecule has 61 heavy (non-hydrogen) atoms. The van der Waals surface area contributed by atoms with Gasteiger partial charge in [-0.3, -0.25) is 28.9 Å². The molecule has 0 bridgehead atoms. The average molecular weight is 844 g/mol. The Morgan fingerprint density at radius 2 is 1.54 bits per heavy atom. The second-order valence-electron chi connectivity index (χ2n) is 16.0. The van der Waals surface area contributed by atoms with E-state index < -0.39 is 30.0 Å². The summed E-state index contributed by atoms with van der Waals surface area (Å²) in [6, 6.07) is 7.27. The normalized spacial score (nSPS) is 17.2. The molecule has 0 saturated carbocycles. The van der Waals surface area contributed by atoms with Gasteiger partial charge in [-0.25, -0.2) is 4.79 Å². The Kier molecular flexibility index (Phi) is 14.7. The second kappa shape index (κ2) is 20.1. The number of nitrogens with zero attached hydrogens (tertiary/aromatic N) is 4. The van der Waals surface area contributed by atoms with Crippen LogP contribution in [0.15, 0.2) is 41.3 Å². The molecule has 0 radical (unpaired) electrons. The molecule has 17 heteroatoms. The van der Waals surface area contributed by atoms with Crippen LogP contribution in [0.4, 0.5) is 4.79 Å². The summed E-state index contributed by atoms with van der Waals surface area (Å²) in [5.41, 5.74) is 4.26. The van der Waals surface area contributed by atoms with Gasteiger partial charge in [-0.1, -0.05) is 31.7 Å². The molecule has 6 amide bonds. The van der Waals surface area contributed by atoms with Crippen molar-refractivity contribution in [1.82, 2.24) is 35.2 Å². The molecule has 3 aromatic rings. The number of piperidine rings is 1. The van der Waals surface area contributed by atoms with Crippen molar-refractivity contribution in [2.75, 3.05) is 54.6 Å². The van der Waals surface area contributed by atoms with Crippen LogP contribution in [0.25, 0.3) is 11.1 Å². The summed E-state index contributed by atoms with van der Waals surface area (Å²) in [4.78, 5) is 82.4. The van der Waals surface area contributed by atoms with Gasteiger partial charge in [0.15, 0.2) is 6.61 Å². The number of aromatic nitrogens is 1. The van der Waals surface area contributed by atoms with E-state index in [4.69, 9.17) is 14.2 Å². The Morgan fingerprint density at radius 1 is 0.869 bits per heavy atom. The maximum absolute atomic E-state index is 13.3. The van der Waals surface area contributed by atoms with Crippen LogP contribution in [-0.2, 0) is 36.1 Å². The van der Waals surface area contributed by atoms with Crippen LogP contribution >= 0.6 is 0 Å². The van der Waals surface area contributed by atoms with Gasteiger partial charge < -0.3 is 49.6 Å². The van der Waals surface area contributed by atoms with Crippen LogP contribution in [0.3, 0.4) is 0 Å². The van der Waals surface area contributed by atoms with Crippen molar-refractivity contribution >= 4 is 29.7 Å². The van der Waals surface area contributed by atoms with Crippen LogP contribution < -0.4 is 35.7 Å². The molecule has 0 spiro atoms. The molecule has 328 valence electrons. The molecule has 2 atom stereocenters. The van der Waals surface area contributed by atoms with Crippen LogP contribution in [-0.4, -0.2) is 121 Å². The Balaban J connectivity index is 0.883. The summed E-state index contributed by atoms with van der Waals surface area (Å²) >= 11 is 0. The molecular formula is C44H57N7O10. The fraction of sp³-hybridized carbons (Fsp3) is 0.500. The number of benzene rings is 2. The Bertz CT molecular complexity index is 2180. The number of nitrogens with one attached hydrogen (secondary N) is 3. The number of carbonyl (C=O) groups excluding carboxylic acids is 5. The molecule has 2 aromatic carbocycles. The van der Waals surface area contributed by atoms with Gasteiger partial charge in [0.05, 0.1) is 37.5 Å². The maximum atomic E-state index is 13.3. The standard InChI is InChI=1S/C44H57N7O10/c1-48(2)23-32-35(59-4)21-27(22-36(32)60-5)30-24-49(3)41(55)31-25-50(20-17-28(30)31)44(58)46-19-11-9-7-6-8-10-18-45-38(53)26-61-34-14-12-13-29-39(34)43(57)51(42(29)56)33-15-16-37(52)47-40(33)54/h12-14,21-22,24,33,37,52H,6-11,15-20,23,25-26H2,1-5H3,(H,45,53)(H,46,58)(H,47,54). The van der Waals surface area contributed by atoms with Crippen molar-refractivity contribution in [3.05, 3.63) is 74.7 Å². The number of hydrogen-bond acceptors (Lipinski definition) is 11. The number of pyridine rings is 1. The number of methoxy groups -OCH3 is 2. The van der Waals surface area contributed by atoms with Crippen LogP contribution in [0, 0.1) is 0 Å². The number of amides is 6.